The van der Waals surface area contributed by atoms with Gasteiger partial charge in [0.05, 0.1) is 10.9 Å². The highest BCUT2D eigenvalue weighted by Gasteiger charge is 2.26. The summed E-state index contributed by atoms with van der Waals surface area (Å²) in [6, 6.07) is 14.0. The van der Waals surface area contributed by atoms with Crippen molar-refractivity contribution in [1.82, 2.24) is 19.2 Å². The van der Waals surface area contributed by atoms with E-state index < -0.39 is 0 Å². The minimum absolute atomic E-state index is 0.0416. The van der Waals surface area contributed by atoms with Gasteiger partial charge in [-0.2, -0.15) is 0 Å². The van der Waals surface area contributed by atoms with Gasteiger partial charge in [0.2, 0.25) is 0 Å². The lowest BCUT2D eigenvalue weighted by molar-refractivity contribution is 0.0629. The predicted molar refractivity (Wildman–Crippen MR) is 131 cm³/mol. The van der Waals surface area contributed by atoms with Crippen LogP contribution in [-0.4, -0.2) is 51.3 Å². The van der Waals surface area contributed by atoms with Crippen molar-refractivity contribution in [2.24, 2.45) is 0 Å². The van der Waals surface area contributed by atoms with Gasteiger partial charge in [-0.05, 0) is 48.9 Å². The molecule has 168 valence electrons. The third-order valence-electron chi connectivity index (χ3n) is 6.90. The van der Waals surface area contributed by atoms with Crippen molar-refractivity contribution < 1.29 is 4.79 Å². The van der Waals surface area contributed by atoms with E-state index in [-0.39, 0.29) is 11.5 Å². The molecule has 0 radical (unpaired) electrons. The molecule has 3 aromatic heterocycles. The van der Waals surface area contributed by atoms with Gasteiger partial charge in [-0.3, -0.25) is 18.9 Å². The van der Waals surface area contributed by atoms with Crippen molar-refractivity contribution in [2.75, 3.05) is 26.2 Å². The number of hydrogen-bond acceptors (Lipinski definition) is 5. The molecule has 0 N–H and O–H groups in total. The number of fused-ring (bicyclic) bond motifs is 4. The Bertz CT molecular complexity index is 1400. The summed E-state index contributed by atoms with van der Waals surface area (Å²) in [4.78, 5) is 38.1. The first-order chi connectivity index (χ1) is 16.2. The first kappa shape index (κ1) is 20.6. The highest BCUT2D eigenvalue weighted by Crippen LogP contribution is 2.34. The van der Waals surface area contributed by atoms with E-state index in [0.717, 1.165) is 49.1 Å². The third-order valence-corrected chi connectivity index (χ3v) is 8.08. The summed E-state index contributed by atoms with van der Waals surface area (Å²) in [6.45, 7) is 3.91. The SMILES string of the molecule is O=C(c1cccn2c(=O)c3c4c(sc3nc12)CCCC4)N1CCN(Cc2ccccc2)CC1. The van der Waals surface area contributed by atoms with E-state index in [4.69, 9.17) is 4.98 Å². The number of hydrogen-bond donors (Lipinski definition) is 0. The summed E-state index contributed by atoms with van der Waals surface area (Å²) in [7, 11) is 0. The number of nitrogens with zero attached hydrogens (tertiary/aromatic N) is 4. The quantitative estimate of drug-likeness (QED) is 0.469. The van der Waals surface area contributed by atoms with Gasteiger partial charge >= 0.3 is 0 Å². The maximum absolute atomic E-state index is 13.5. The van der Waals surface area contributed by atoms with Crippen molar-refractivity contribution in [1.29, 1.82) is 0 Å². The van der Waals surface area contributed by atoms with Gasteiger partial charge in [-0.25, -0.2) is 4.98 Å². The van der Waals surface area contributed by atoms with Crippen LogP contribution < -0.4 is 5.56 Å². The van der Waals surface area contributed by atoms with E-state index in [9.17, 15) is 9.59 Å². The maximum atomic E-state index is 13.5. The molecule has 2 aliphatic rings. The normalized spacial score (nSPS) is 16.9. The molecule has 7 heteroatoms. The summed E-state index contributed by atoms with van der Waals surface area (Å²) in [5.74, 6) is -0.0416. The van der Waals surface area contributed by atoms with Crippen molar-refractivity contribution in [2.45, 2.75) is 32.2 Å². The second-order valence-electron chi connectivity index (χ2n) is 8.98. The highest BCUT2D eigenvalue weighted by molar-refractivity contribution is 7.18. The van der Waals surface area contributed by atoms with Crippen LogP contribution in [0.4, 0.5) is 0 Å². The minimum atomic E-state index is -0.0447. The predicted octanol–water partition coefficient (Wildman–Crippen LogP) is 3.75. The molecule has 0 bridgehead atoms. The van der Waals surface area contributed by atoms with Gasteiger partial charge < -0.3 is 4.90 Å². The minimum Gasteiger partial charge on any atom is -0.336 e. The number of carbonyl (C=O) groups excluding carboxylic acids is 1. The summed E-state index contributed by atoms with van der Waals surface area (Å²) >= 11 is 1.63. The van der Waals surface area contributed by atoms with Crippen LogP contribution in [0, 0.1) is 0 Å². The fourth-order valence-corrected chi connectivity index (χ4v) is 6.39. The molecular formula is C26H26N4O2S. The molecule has 1 aliphatic carbocycles. The Morgan fingerprint density at radius 2 is 1.76 bits per heavy atom. The van der Waals surface area contributed by atoms with E-state index >= 15 is 0 Å². The monoisotopic (exact) mass is 458 g/mol. The molecule has 33 heavy (non-hydrogen) atoms. The van der Waals surface area contributed by atoms with Crippen LogP contribution in [0.25, 0.3) is 15.9 Å². The number of amides is 1. The van der Waals surface area contributed by atoms with Gasteiger partial charge in [0, 0.05) is 43.8 Å². The van der Waals surface area contributed by atoms with E-state index in [1.165, 1.54) is 22.4 Å². The number of rotatable bonds is 3. The fraction of sp³-hybridized carbons (Fsp3) is 0.346. The molecule has 1 aromatic carbocycles. The van der Waals surface area contributed by atoms with Crippen LogP contribution in [0.2, 0.25) is 0 Å². The molecular weight excluding hydrogens is 432 g/mol. The number of thiophene rings is 1. The van der Waals surface area contributed by atoms with Crippen LogP contribution in [0.1, 0.15) is 39.2 Å². The Kier molecular flexibility index (Phi) is 5.23. The average molecular weight is 459 g/mol. The van der Waals surface area contributed by atoms with Crippen LogP contribution >= 0.6 is 11.3 Å². The average Bonchev–Trinajstić information content (AvgIpc) is 3.23. The number of aromatic nitrogens is 2. The molecule has 1 aliphatic heterocycles. The number of piperazine rings is 1. The van der Waals surface area contributed by atoms with Crippen molar-refractivity contribution >= 4 is 33.1 Å². The highest BCUT2D eigenvalue weighted by atomic mass is 32.1. The zero-order valence-electron chi connectivity index (χ0n) is 18.5. The maximum Gasteiger partial charge on any atom is 0.266 e. The van der Waals surface area contributed by atoms with Gasteiger partial charge in [0.15, 0.2) is 5.65 Å². The molecule has 1 saturated heterocycles. The van der Waals surface area contributed by atoms with E-state index in [1.807, 2.05) is 11.0 Å². The Labute approximate surface area is 196 Å². The summed E-state index contributed by atoms with van der Waals surface area (Å²) < 4.78 is 1.57. The van der Waals surface area contributed by atoms with Crippen molar-refractivity contribution in [3.8, 4) is 0 Å². The smallest absolute Gasteiger partial charge is 0.266 e. The molecule has 0 atom stereocenters. The van der Waals surface area contributed by atoms with Crippen LogP contribution in [0.3, 0.4) is 0 Å². The summed E-state index contributed by atoms with van der Waals surface area (Å²) in [5.41, 5.74) is 3.42. The summed E-state index contributed by atoms with van der Waals surface area (Å²) in [5, 5.41) is 0.756. The first-order valence-corrected chi connectivity index (χ1v) is 12.5. The van der Waals surface area contributed by atoms with Gasteiger partial charge in [-0.1, -0.05) is 30.3 Å². The second kappa shape index (κ2) is 8.39. The van der Waals surface area contributed by atoms with Crippen LogP contribution in [0.5, 0.6) is 0 Å². The standard InChI is InChI=1S/C26H26N4O2S/c31-25(29-15-13-28(14-16-29)17-18-7-2-1-3-8-18)20-10-6-12-30-23(20)27-24-22(26(30)32)19-9-4-5-11-21(19)33-24/h1-3,6-8,10,12H,4-5,9,11,13-17H2. The number of aryl methyl sites for hydroxylation is 2. The van der Waals surface area contributed by atoms with Gasteiger partial charge in [0.25, 0.3) is 11.5 Å². The molecule has 0 saturated carbocycles. The number of pyridine rings is 1. The fourth-order valence-electron chi connectivity index (χ4n) is 5.13. The second-order valence-corrected chi connectivity index (χ2v) is 10.1. The number of carbonyl (C=O) groups is 1. The Morgan fingerprint density at radius 3 is 2.58 bits per heavy atom. The molecule has 4 heterocycles. The van der Waals surface area contributed by atoms with Crippen molar-refractivity contribution in [3.63, 3.8) is 0 Å². The molecule has 6 nitrogen and oxygen atoms in total. The Hall–Kier alpha value is -3.03. The lowest BCUT2D eigenvalue weighted by Crippen LogP contribution is -2.48. The van der Waals surface area contributed by atoms with E-state index in [1.54, 1.807) is 34.1 Å². The van der Waals surface area contributed by atoms with Gasteiger partial charge in [-0.15, -0.1) is 11.3 Å². The van der Waals surface area contributed by atoms with E-state index in [2.05, 4.69) is 29.2 Å². The molecule has 6 rings (SSSR count). The van der Waals surface area contributed by atoms with Crippen LogP contribution in [0.15, 0.2) is 53.5 Å². The molecule has 4 aromatic rings. The third kappa shape index (κ3) is 3.65. The molecule has 0 unspecified atom stereocenters. The van der Waals surface area contributed by atoms with Crippen molar-refractivity contribution in [3.05, 3.63) is 80.6 Å². The Balaban J connectivity index is 1.29. The first-order valence-electron chi connectivity index (χ1n) is 11.7. The lowest BCUT2D eigenvalue weighted by atomic mass is 9.97. The number of benzene rings is 1. The summed E-state index contributed by atoms with van der Waals surface area (Å²) in [6.07, 6.45) is 6.00. The van der Waals surface area contributed by atoms with Crippen LogP contribution in [-0.2, 0) is 19.4 Å². The zero-order valence-corrected chi connectivity index (χ0v) is 19.3. The topological polar surface area (TPSA) is 57.9 Å². The molecule has 0 spiro atoms. The zero-order chi connectivity index (χ0) is 22.4. The lowest BCUT2D eigenvalue weighted by Gasteiger charge is -2.34. The molecule has 1 amide bonds. The van der Waals surface area contributed by atoms with Gasteiger partial charge in [0.1, 0.15) is 4.83 Å². The molecule has 1 fully saturated rings. The largest absolute Gasteiger partial charge is 0.336 e. The Morgan fingerprint density at radius 1 is 0.970 bits per heavy atom. The van der Waals surface area contributed by atoms with E-state index in [0.29, 0.717) is 24.3 Å².